The third-order valence-corrected chi connectivity index (χ3v) is 3.39. The summed E-state index contributed by atoms with van der Waals surface area (Å²) >= 11 is 0. The van der Waals surface area contributed by atoms with Gasteiger partial charge in [-0.15, -0.1) is 0 Å². The summed E-state index contributed by atoms with van der Waals surface area (Å²) < 4.78 is 0. The second-order valence-corrected chi connectivity index (χ2v) is 4.88. The van der Waals surface area contributed by atoms with Gasteiger partial charge in [0.05, 0.1) is 0 Å². The van der Waals surface area contributed by atoms with Crippen LogP contribution in [0.25, 0.3) is 0 Å². The Morgan fingerprint density at radius 2 is 1.11 bits per heavy atom. The van der Waals surface area contributed by atoms with Crippen molar-refractivity contribution in [3.63, 3.8) is 0 Å². The van der Waals surface area contributed by atoms with Gasteiger partial charge in [-0.1, -0.05) is 24.3 Å². The average Bonchev–Trinajstić information content (AvgIpc) is 2.35. The standard InChI is InChI=1S/C16H20N2/c1-11-3-5-13(9-15(11)17)7-8-14-6-4-12(2)16(18)10-14/h3-6,9-10H,7-8,17-18H2,1-2H3. The number of nitrogen functional groups attached to an aromatic ring is 2. The predicted molar refractivity (Wildman–Crippen MR) is 78.6 cm³/mol. The highest BCUT2D eigenvalue weighted by Crippen LogP contribution is 2.17. The molecule has 0 aromatic heterocycles. The summed E-state index contributed by atoms with van der Waals surface area (Å²) in [5, 5.41) is 0. The highest BCUT2D eigenvalue weighted by Gasteiger charge is 2.00. The maximum Gasteiger partial charge on any atom is 0.0346 e. The van der Waals surface area contributed by atoms with E-state index in [4.69, 9.17) is 11.5 Å². The van der Waals surface area contributed by atoms with Crippen LogP contribution in [0.4, 0.5) is 11.4 Å². The van der Waals surface area contributed by atoms with Crippen molar-refractivity contribution in [3.8, 4) is 0 Å². The Morgan fingerprint density at radius 1 is 0.722 bits per heavy atom. The highest BCUT2D eigenvalue weighted by atomic mass is 14.6. The topological polar surface area (TPSA) is 52.0 Å². The largest absolute Gasteiger partial charge is 0.399 e. The van der Waals surface area contributed by atoms with Gasteiger partial charge < -0.3 is 11.5 Å². The lowest BCUT2D eigenvalue weighted by atomic mass is 10.0. The molecular weight excluding hydrogens is 220 g/mol. The molecule has 18 heavy (non-hydrogen) atoms. The van der Waals surface area contributed by atoms with Crippen LogP contribution in [0.15, 0.2) is 36.4 Å². The Morgan fingerprint density at radius 3 is 1.44 bits per heavy atom. The first-order chi connectivity index (χ1) is 8.56. The van der Waals surface area contributed by atoms with E-state index in [1.165, 1.54) is 11.1 Å². The van der Waals surface area contributed by atoms with Crippen LogP contribution in [0.2, 0.25) is 0 Å². The number of nitrogens with two attached hydrogens (primary N) is 2. The molecule has 0 radical (unpaired) electrons. The van der Waals surface area contributed by atoms with E-state index in [0.29, 0.717) is 0 Å². The molecule has 2 heteroatoms. The van der Waals surface area contributed by atoms with Crippen LogP contribution in [-0.4, -0.2) is 0 Å². The number of benzene rings is 2. The van der Waals surface area contributed by atoms with E-state index in [2.05, 4.69) is 36.4 Å². The normalized spacial score (nSPS) is 10.6. The second kappa shape index (κ2) is 5.13. The zero-order chi connectivity index (χ0) is 13.1. The van der Waals surface area contributed by atoms with Gasteiger partial charge in [0.15, 0.2) is 0 Å². The molecule has 0 unspecified atom stereocenters. The molecule has 0 aliphatic rings. The molecule has 0 spiro atoms. The molecule has 0 aliphatic heterocycles. The molecule has 2 aromatic carbocycles. The Hall–Kier alpha value is -1.96. The molecule has 0 saturated heterocycles. The Labute approximate surface area is 109 Å². The van der Waals surface area contributed by atoms with Crippen molar-refractivity contribution in [1.82, 2.24) is 0 Å². The first-order valence-corrected chi connectivity index (χ1v) is 6.26. The van der Waals surface area contributed by atoms with Gasteiger partial charge in [0, 0.05) is 11.4 Å². The van der Waals surface area contributed by atoms with Gasteiger partial charge in [-0.2, -0.15) is 0 Å². The van der Waals surface area contributed by atoms with Crippen LogP contribution in [0.5, 0.6) is 0 Å². The predicted octanol–water partition coefficient (Wildman–Crippen LogP) is 3.25. The summed E-state index contributed by atoms with van der Waals surface area (Å²) in [7, 11) is 0. The van der Waals surface area contributed by atoms with Crippen molar-refractivity contribution in [2.45, 2.75) is 26.7 Å². The molecule has 4 N–H and O–H groups in total. The van der Waals surface area contributed by atoms with Gasteiger partial charge in [0.1, 0.15) is 0 Å². The number of anilines is 2. The van der Waals surface area contributed by atoms with Crippen molar-refractivity contribution in [2.75, 3.05) is 11.5 Å². The molecule has 0 bridgehead atoms. The van der Waals surface area contributed by atoms with E-state index in [1.807, 2.05) is 13.8 Å². The van der Waals surface area contributed by atoms with Crippen molar-refractivity contribution < 1.29 is 0 Å². The van der Waals surface area contributed by atoms with Crippen molar-refractivity contribution in [2.24, 2.45) is 0 Å². The average molecular weight is 240 g/mol. The molecule has 2 nitrogen and oxygen atoms in total. The minimum Gasteiger partial charge on any atom is -0.399 e. The van der Waals surface area contributed by atoms with Gasteiger partial charge in [0.25, 0.3) is 0 Å². The number of rotatable bonds is 3. The van der Waals surface area contributed by atoms with Crippen LogP contribution in [-0.2, 0) is 12.8 Å². The monoisotopic (exact) mass is 240 g/mol. The Bertz CT molecular complexity index is 508. The molecule has 2 aromatic rings. The maximum atomic E-state index is 5.91. The maximum absolute atomic E-state index is 5.91. The second-order valence-electron chi connectivity index (χ2n) is 4.88. The summed E-state index contributed by atoms with van der Waals surface area (Å²) in [6.07, 6.45) is 1.99. The summed E-state index contributed by atoms with van der Waals surface area (Å²) in [6, 6.07) is 12.6. The molecular formula is C16H20N2. The summed E-state index contributed by atoms with van der Waals surface area (Å²) in [5.41, 5.74) is 18.4. The van der Waals surface area contributed by atoms with E-state index in [9.17, 15) is 0 Å². The lowest BCUT2D eigenvalue weighted by Crippen LogP contribution is -1.97. The van der Waals surface area contributed by atoms with E-state index < -0.39 is 0 Å². The number of aryl methyl sites for hydroxylation is 4. The smallest absolute Gasteiger partial charge is 0.0346 e. The fraction of sp³-hybridized carbons (Fsp3) is 0.250. The third kappa shape index (κ3) is 2.83. The molecule has 0 amide bonds. The summed E-state index contributed by atoms with van der Waals surface area (Å²) in [4.78, 5) is 0. The van der Waals surface area contributed by atoms with Gasteiger partial charge >= 0.3 is 0 Å². The van der Waals surface area contributed by atoms with Gasteiger partial charge in [-0.05, 0) is 61.1 Å². The van der Waals surface area contributed by atoms with E-state index in [-0.39, 0.29) is 0 Å². The minimum atomic E-state index is 0.871. The first-order valence-electron chi connectivity index (χ1n) is 6.26. The molecule has 0 fully saturated rings. The molecule has 94 valence electrons. The SMILES string of the molecule is Cc1ccc(CCc2ccc(C)c(N)c2)cc1N. The van der Waals surface area contributed by atoms with Gasteiger partial charge in [-0.3, -0.25) is 0 Å². The lowest BCUT2D eigenvalue weighted by Gasteiger charge is -2.07. The van der Waals surface area contributed by atoms with E-state index >= 15 is 0 Å². The number of hydrogen-bond donors (Lipinski definition) is 2. The number of hydrogen-bond acceptors (Lipinski definition) is 2. The van der Waals surface area contributed by atoms with Crippen LogP contribution in [0.3, 0.4) is 0 Å². The van der Waals surface area contributed by atoms with Crippen LogP contribution in [0, 0.1) is 13.8 Å². The fourth-order valence-corrected chi connectivity index (χ4v) is 1.98. The van der Waals surface area contributed by atoms with Gasteiger partial charge in [-0.25, -0.2) is 0 Å². The Balaban J connectivity index is 2.06. The zero-order valence-corrected chi connectivity index (χ0v) is 11.0. The quantitative estimate of drug-likeness (QED) is 0.809. The van der Waals surface area contributed by atoms with Crippen LogP contribution in [0.1, 0.15) is 22.3 Å². The minimum absolute atomic E-state index is 0.871. The summed E-state index contributed by atoms with van der Waals surface area (Å²) in [5.74, 6) is 0. The van der Waals surface area contributed by atoms with E-state index in [0.717, 1.165) is 35.3 Å². The highest BCUT2D eigenvalue weighted by molar-refractivity contribution is 5.50. The molecule has 0 saturated carbocycles. The van der Waals surface area contributed by atoms with Crippen LogP contribution >= 0.6 is 0 Å². The zero-order valence-electron chi connectivity index (χ0n) is 11.0. The summed E-state index contributed by atoms with van der Waals surface area (Å²) in [6.45, 7) is 4.06. The Kier molecular flexibility index (Phi) is 3.56. The molecule has 0 heterocycles. The first kappa shape index (κ1) is 12.5. The van der Waals surface area contributed by atoms with Crippen LogP contribution < -0.4 is 11.5 Å². The van der Waals surface area contributed by atoms with E-state index in [1.54, 1.807) is 0 Å². The lowest BCUT2D eigenvalue weighted by molar-refractivity contribution is 0.959. The van der Waals surface area contributed by atoms with Gasteiger partial charge in [0.2, 0.25) is 0 Å². The third-order valence-electron chi connectivity index (χ3n) is 3.39. The van der Waals surface area contributed by atoms with Crippen molar-refractivity contribution in [3.05, 3.63) is 58.7 Å². The van der Waals surface area contributed by atoms with Crippen molar-refractivity contribution in [1.29, 1.82) is 0 Å². The molecule has 2 rings (SSSR count). The molecule has 0 atom stereocenters. The fourth-order valence-electron chi connectivity index (χ4n) is 1.98. The molecule has 0 aliphatic carbocycles. The van der Waals surface area contributed by atoms with Crippen molar-refractivity contribution >= 4 is 11.4 Å².